The van der Waals surface area contributed by atoms with E-state index in [4.69, 9.17) is 11.6 Å². The molecule has 0 heterocycles. The Labute approximate surface area is 128 Å². The second-order valence-electron chi connectivity index (χ2n) is 3.80. The van der Waals surface area contributed by atoms with E-state index in [0.29, 0.717) is 5.56 Å². The number of nitrogens with zero attached hydrogens (tertiary/aromatic N) is 2. The monoisotopic (exact) mass is 353 g/mol. The highest BCUT2D eigenvalue weighted by Gasteiger charge is 2.06. The van der Waals surface area contributed by atoms with E-state index in [1.165, 1.54) is 12.1 Å². The fraction of sp³-hybridized carbons (Fsp3) is 0. The molecule has 0 saturated carbocycles. The van der Waals surface area contributed by atoms with Crippen molar-refractivity contribution in [3.05, 3.63) is 68.7 Å². The van der Waals surface area contributed by atoms with Gasteiger partial charge in [0.2, 0.25) is 0 Å². The van der Waals surface area contributed by atoms with E-state index in [1.807, 2.05) is 24.3 Å². The Balaban J connectivity index is 2.14. The average Bonchev–Trinajstić information content (AvgIpc) is 2.46. The van der Waals surface area contributed by atoms with Gasteiger partial charge in [-0.1, -0.05) is 23.7 Å². The Morgan fingerprint density at radius 3 is 2.45 bits per heavy atom. The molecule has 1 N–H and O–H groups in total. The summed E-state index contributed by atoms with van der Waals surface area (Å²) in [5, 5.41) is 14.8. The van der Waals surface area contributed by atoms with Crippen LogP contribution in [0.2, 0.25) is 0 Å². The number of hydrogen-bond acceptors (Lipinski definition) is 4. The third-order valence-electron chi connectivity index (χ3n) is 2.46. The summed E-state index contributed by atoms with van der Waals surface area (Å²) in [7, 11) is 0. The van der Waals surface area contributed by atoms with E-state index < -0.39 is 4.92 Å². The van der Waals surface area contributed by atoms with Crippen LogP contribution in [0.15, 0.2) is 58.1 Å². The lowest BCUT2D eigenvalue weighted by molar-refractivity contribution is -0.384. The second kappa shape index (κ2) is 6.49. The van der Waals surface area contributed by atoms with Gasteiger partial charge in [-0.15, -0.1) is 0 Å². The molecule has 2 aromatic rings. The maximum Gasteiger partial charge on any atom is 0.269 e. The number of nitrogens with one attached hydrogen (secondary N) is 1. The molecule has 0 spiro atoms. The van der Waals surface area contributed by atoms with Crippen molar-refractivity contribution in [2.45, 2.75) is 0 Å². The lowest BCUT2D eigenvalue weighted by Crippen LogP contribution is -1.98. The van der Waals surface area contributed by atoms with Crippen LogP contribution in [0.1, 0.15) is 5.56 Å². The number of hydrogen-bond donors (Lipinski definition) is 1. The van der Waals surface area contributed by atoms with Gasteiger partial charge in [-0.3, -0.25) is 15.5 Å². The quantitative estimate of drug-likeness (QED) is 0.503. The molecule has 7 heteroatoms. The van der Waals surface area contributed by atoms with Crippen molar-refractivity contribution in [1.29, 1.82) is 0 Å². The summed E-state index contributed by atoms with van der Waals surface area (Å²) < 4.78 is 0.858. The zero-order valence-corrected chi connectivity index (χ0v) is 12.4. The van der Waals surface area contributed by atoms with Gasteiger partial charge in [-0.2, -0.15) is 5.10 Å². The summed E-state index contributed by atoms with van der Waals surface area (Å²) in [6.45, 7) is 0. The van der Waals surface area contributed by atoms with Gasteiger partial charge in [0, 0.05) is 22.2 Å². The third kappa shape index (κ3) is 3.55. The second-order valence-corrected chi connectivity index (χ2v) is 5.01. The van der Waals surface area contributed by atoms with E-state index in [9.17, 15) is 10.1 Å². The van der Waals surface area contributed by atoms with E-state index in [2.05, 4.69) is 26.5 Å². The molecule has 0 bridgehead atoms. The minimum absolute atomic E-state index is 0.0111. The number of hydrazone groups is 1. The highest BCUT2D eigenvalue weighted by molar-refractivity contribution is 9.10. The number of halogens is 2. The number of benzene rings is 2. The van der Waals surface area contributed by atoms with Crippen molar-refractivity contribution in [3.63, 3.8) is 0 Å². The van der Waals surface area contributed by atoms with Gasteiger partial charge in [-0.25, -0.2) is 0 Å². The van der Waals surface area contributed by atoms with Gasteiger partial charge in [0.15, 0.2) is 5.17 Å². The van der Waals surface area contributed by atoms with Crippen molar-refractivity contribution in [1.82, 2.24) is 0 Å². The normalized spacial score (nSPS) is 11.2. The Kier molecular flexibility index (Phi) is 4.70. The maximum atomic E-state index is 10.6. The predicted octanol–water partition coefficient (Wildman–Crippen LogP) is 4.37. The van der Waals surface area contributed by atoms with Gasteiger partial charge in [0.05, 0.1) is 10.6 Å². The first-order valence-electron chi connectivity index (χ1n) is 5.56. The zero-order valence-electron chi connectivity index (χ0n) is 10.1. The lowest BCUT2D eigenvalue weighted by Gasteiger charge is -2.04. The molecule has 0 radical (unpaired) electrons. The number of nitro benzene ring substituents is 1. The number of para-hydroxylation sites is 1. The van der Waals surface area contributed by atoms with Crippen molar-refractivity contribution in [3.8, 4) is 0 Å². The van der Waals surface area contributed by atoms with Gasteiger partial charge < -0.3 is 0 Å². The van der Waals surface area contributed by atoms with E-state index >= 15 is 0 Å². The number of rotatable bonds is 4. The molecule has 0 aliphatic carbocycles. The summed E-state index contributed by atoms with van der Waals surface area (Å²) >= 11 is 9.42. The summed E-state index contributed by atoms with van der Waals surface area (Å²) in [6.07, 6.45) is 0. The summed E-state index contributed by atoms with van der Waals surface area (Å²) in [5.74, 6) is 0. The predicted molar refractivity (Wildman–Crippen MR) is 83.3 cm³/mol. The fourth-order valence-corrected chi connectivity index (χ4v) is 1.99. The third-order valence-corrected chi connectivity index (χ3v) is 3.46. The molecule has 0 aromatic heterocycles. The molecule has 20 heavy (non-hydrogen) atoms. The van der Waals surface area contributed by atoms with Crippen LogP contribution in [0.25, 0.3) is 0 Å². The summed E-state index contributed by atoms with van der Waals surface area (Å²) in [4.78, 5) is 10.1. The number of nitro groups is 1. The minimum atomic E-state index is -0.464. The maximum absolute atomic E-state index is 10.6. The molecular formula is C13H9BrClN3O2. The summed E-state index contributed by atoms with van der Waals surface area (Å²) in [6, 6.07) is 13.3. The molecule has 0 saturated heterocycles. The van der Waals surface area contributed by atoms with Gasteiger partial charge in [0.25, 0.3) is 5.69 Å². The molecule has 0 atom stereocenters. The van der Waals surface area contributed by atoms with Crippen LogP contribution < -0.4 is 5.43 Å². The lowest BCUT2D eigenvalue weighted by atomic mass is 10.2. The van der Waals surface area contributed by atoms with Crippen molar-refractivity contribution < 1.29 is 4.92 Å². The first-order valence-corrected chi connectivity index (χ1v) is 6.73. The Bertz CT molecular complexity index is 659. The topological polar surface area (TPSA) is 67.5 Å². The van der Waals surface area contributed by atoms with E-state index in [-0.39, 0.29) is 10.9 Å². The minimum Gasteiger partial charge on any atom is -0.276 e. The van der Waals surface area contributed by atoms with Crippen LogP contribution in [0, 0.1) is 10.1 Å². The molecule has 0 fully saturated rings. The molecule has 102 valence electrons. The molecule has 0 amide bonds. The molecule has 2 aromatic carbocycles. The highest BCUT2D eigenvalue weighted by atomic mass is 79.9. The zero-order chi connectivity index (χ0) is 14.5. The Hall–Kier alpha value is -1.92. The van der Waals surface area contributed by atoms with E-state index in [0.717, 1.165) is 10.2 Å². The Morgan fingerprint density at radius 2 is 1.85 bits per heavy atom. The molecule has 0 aliphatic rings. The largest absolute Gasteiger partial charge is 0.276 e. The molecular weight excluding hydrogens is 346 g/mol. The first kappa shape index (κ1) is 14.5. The van der Waals surface area contributed by atoms with Crippen LogP contribution >= 0.6 is 27.5 Å². The SMILES string of the molecule is O=[N+]([O-])c1ccc(C(Cl)=NNc2ccccc2Br)cc1. The van der Waals surface area contributed by atoms with E-state index in [1.54, 1.807) is 12.1 Å². The number of non-ortho nitro benzene ring substituents is 1. The van der Waals surface area contributed by atoms with Crippen LogP contribution in [-0.2, 0) is 0 Å². The highest BCUT2D eigenvalue weighted by Crippen LogP contribution is 2.21. The molecule has 0 aliphatic heterocycles. The summed E-state index contributed by atoms with van der Waals surface area (Å²) in [5.41, 5.74) is 4.20. The Morgan fingerprint density at radius 1 is 1.20 bits per heavy atom. The molecule has 5 nitrogen and oxygen atoms in total. The van der Waals surface area contributed by atoms with Gasteiger partial charge in [0.1, 0.15) is 0 Å². The van der Waals surface area contributed by atoms with Crippen molar-refractivity contribution >= 4 is 44.1 Å². The fourth-order valence-electron chi connectivity index (χ4n) is 1.45. The number of anilines is 1. The van der Waals surface area contributed by atoms with Crippen molar-refractivity contribution in [2.75, 3.05) is 5.43 Å². The van der Waals surface area contributed by atoms with Gasteiger partial charge >= 0.3 is 0 Å². The van der Waals surface area contributed by atoms with Crippen LogP contribution in [0.4, 0.5) is 11.4 Å². The standard InChI is InChI=1S/C13H9BrClN3O2/c14-11-3-1-2-4-12(11)16-17-13(15)9-5-7-10(8-6-9)18(19)20/h1-8,16H. The average molecular weight is 355 g/mol. The van der Waals surface area contributed by atoms with Crippen LogP contribution in [0.3, 0.4) is 0 Å². The van der Waals surface area contributed by atoms with Crippen LogP contribution in [0.5, 0.6) is 0 Å². The molecule has 2 rings (SSSR count). The van der Waals surface area contributed by atoms with Gasteiger partial charge in [-0.05, 0) is 40.2 Å². The smallest absolute Gasteiger partial charge is 0.269 e. The van der Waals surface area contributed by atoms with Crippen molar-refractivity contribution in [2.24, 2.45) is 5.10 Å². The first-order chi connectivity index (χ1) is 9.58. The molecule has 0 unspecified atom stereocenters. The van der Waals surface area contributed by atoms with Crippen LogP contribution in [-0.4, -0.2) is 10.1 Å².